The maximum Gasteiger partial charge on any atom is 0.205 e. The Bertz CT molecular complexity index is 928. The van der Waals surface area contributed by atoms with Crippen LogP contribution in [0.25, 0.3) is 16.5 Å². The van der Waals surface area contributed by atoms with Crippen molar-refractivity contribution in [3.05, 3.63) is 46.7 Å². The molecular formula is C19H20BrN3OS. The molecule has 130 valence electrons. The molecule has 0 radical (unpaired) electrons. The minimum absolute atomic E-state index is 0.552. The molecule has 25 heavy (non-hydrogen) atoms. The van der Waals surface area contributed by atoms with E-state index in [0.717, 1.165) is 10.8 Å². The maximum atomic E-state index is 10.0. The molecular weight excluding hydrogens is 398 g/mol. The van der Waals surface area contributed by atoms with E-state index in [4.69, 9.17) is 0 Å². The van der Waals surface area contributed by atoms with Gasteiger partial charge in [-0.2, -0.15) is 0 Å². The quantitative estimate of drug-likeness (QED) is 0.598. The lowest BCUT2D eigenvalue weighted by molar-refractivity contribution is 0.107. The molecule has 1 fully saturated rings. The number of fused-ring (bicyclic) bond motifs is 1. The molecule has 1 aliphatic carbocycles. The molecule has 0 atom stereocenters. The maximum absolute atomic E-state index is 10.0. The molecule has 6 heteroatoms. The summed E-state index contributed by atoms with van der Waals surface area (Å²) in [5.41, 5.74) is 1.75. The first-order valence-electron chi connectivity index (χ1n) is 8.42. The molecule has 1 N–H and O–H groups in total. The third kappa shape index (κ3) is 3.48. The van der Waals surface area contributed by atoms with Gasteiger partial charge in [-0.1, -0.05) is 42.1 Å². The number of benzene rings is 2. The molecule has 0 unspecified atom stereocenters. The average molecular weight is 418 g/mol. The second-order valence-electron chi connectivity index (χ2n) is 7.18. The summed E-state index contributed by atoms with van der Waals surface area (Å²) >= 11 is 5.04. The van der Waals surface area contributed by atoms with Crippen molar-refractivity contribution in [2.75, 3.05) is 5.75 Å². The number of rotatable bonds is 5. The van der Waals surface area contributed by atoms with E-state index in [0.29, 0.717) is 16.4 Å². The predicted octanol–water partition coefficient (Wildman–Crippen LogP) is 4.92. The van der Waals surface area contributed by atoms with Gasteiger partial charge >= 0.3 is 0 Å². The fraction of sp³-hybridized carbons (Fsp3) is 0.368. The van der Waals surface area contributed by atoms with Gasteiger partial charge in [0, 0.05) is 11.1 Å². The summed E-state index contributed by atoms with van der Waals surface area (Å²) in [6, 6.07) is 12.9. The molecule has 2 aromatic carbocycles. The number of nitrogens with zero attached hydrogens (tertiary/aromatic N) is 3. The number of aromatic nitrogens is 3. The van der Waals surface area contributed by atoms with Crippen LogP contribution in [0.3, 0.4) is 0 Å². The van der Waals surface area contributed by atoms with E-state index in [2.05, 4.69) is 62.5 Å². The molecule has 0 amide bonds. The minimum atomic E-state index is -0.758. The Labute approximate surface area is 159 Å². The van der Waals surface area contributed by atoms with Crippen molar-refractivity contribution in [2.45, 2.75) is 43.4 Å². The zero-order chi connectivity index (χ0) is 17.6. The molecule has 4 rings (SSSR count). The molecule has 0 aliphatic heterocycles. The van der Waals surface area contributed by atoms with Gasteiger partial charge in [0.2, 0.25) is 4.73 Å². The summed E-state index contributed by atoms with van der Waals surface area (Å²) < 4.78 is 2.70. The van der Waals surface area contributed by atoms with Gasteiger partial charge in [0.1, 0.15) is 0 Å². The lowest BCUT2D eigenvalue weighted by Gasteiger charge is -2.17. The summed E-state index contributed by atoms with van der Waals surface area (Å²) in [5, 5.41) is 21.8. The Morgan fingerprint density at radius 1 is 1.16 bits per heavy atom. The number of hydrogen-bond acceptors (Lipinski definition) is 4. The number of thioether (sulfide) groups is 1. The lowest BCUT2D eigenvalue weighted by Crippen LogP contribution is -2.22. The van der Waals surface area contributed by atoms with Gasteiger partial charge < -0.3 is 5.11 Å². The monoisotopic (exact) mass is 417 g/mol. The zero-order valence-electron chi connectivity index (χ0n) is 14.2. The smallest absolute Gasteiger partial charge is 0.205 e. The van der Waals surface area contributed by atoms with Crippen LogP contribution in [0.2, 0.25) is 0 Å². The highest BCUT2D eigenvalue weighted by molar-refractivity contribution is 9.10. The van der Waals surface area contributed by atoms with Gasteiger partial charge in [0.05, 0.1) is 11.3 Å². The molecule has 4 nitrogen and oxygen atoms in total. The highest BCUT2D eigenvalue weighted by Gasteiger charge is 2.26. The van der Waals surface area contributed by atoms with Crippen LogP contribution >= 0.6 is 27.7 Å². The number of hydrogen-bond donors (Lipinski definition) is 1. The van der Waals surface area contributed by atoms with Crippen LogP contribution in [0.15, 0.2) is 46.3 Å². The molecule has 0 bridgehead atoms. The van der Waals surface area contributed by atoms with E-state index in [9.17, 15) is 5.11 Å². The zero-order valence-corrected chi connectivity index (χ0v) is 16.6. The van der Waals surface area contributed by atoms with Gasteiger partial charge in [-0.05, 0) is 65.6 Å². The molecule has 0 saturated heterocycles. The molecule has 1 heterocycles. The summed E-state index contributed by atoms with van der Waals surface area (Å²) in [6.07, 6.45) is 2.57. The van der Waals surface area contributed by atoms with E-state index in [1.807, 2.05) is 4.57 Å². The van der Waals surface area contributed by atoms with Gasteiger partial charge in [-0.15, -0.1) is 10.2 Å². The van der Waals surface area contributed by atoms with Crippen LogP contribution in [-0.4, -0.2) is 31.2 Å². The second kappa shape index (κ2) is 6.41. The Kier molecular flexibility index (Phi) is 4.38. The van der Waals surface area contributed by atoms with Crippen LogP contribution in [0.4, 0.5) is 0 Å². The molecule has 1 saturated carbocycles. The van der Waals surface area contributed by atoms with Gasteiger partial charge in [-0.3, -0.25) is 4.57 Å². The first kappa shape index (κ1) is 17.1. The molecule has 1 aromatic heterocycles. The fourth-order valence-electron chi connectivity index (χ4n) is 3.04. The fourth-order valence-corrected chi connectivity index (χ4v) is 4.49. The van der Waals surface area contributed by atoms with Crippen molar-refractivity contribution in [2.24, 2.45) is 0 Å². The summed E-state index contributed by atoms with van der Waals surface area (Å²) in [7, 11) is 0. The Morgan fingerprint density at radius 2 is 1.88 bits per heavy atom. The first-order chi connectivity index (χ1) is 11.9. The van der Waals surface area contributed by atoms with Crippen molar-refractivity contribution in [1.29, 1.82) is 0 Å². The molecule has 0 spiro atoms. The van der Waals surface area contributed by atoms with E-state index >= 15 is 0 Å². The van der Waals surface area contributed by atoms with Crippen molar-refractivity contribution >= 4 is 38.5 Å². The Morgan fingerprint density at radius 3 is 2.56 bits per heavy atom. The van der Waals surface area contributed by atoms with Crippen LogP contribution < -0.4 is 0 Å². The summed E-state index contributed by atoms with van der Waals surface area (Å²) in [4.78, 5) is 0. The summed E-state index contributed by atoms with van der Waals surface area (Å²) in [6.45, 7) is 3.60. The van der Waals surface area contributed by atoms with E-state index in [1.54, 1.807) is 13.8 Å². The van der Waals surface area contributed by atoms with Crippen LogP contribution in [0.5, 0.6) is 0 Å². The van der Waals surface area contributed by atoms with Gasteiger partial charge in [0.15, 0.2) is 5.16 Å². The van der Waals surface area contributed by atoms with E-state index in [1.165, 1.54) is 40.9 Å². The van der Waals surface area contributed by atoms with E-state index < -0.39 is 5.60 Å². The average Bonchev–Trinajstić information content (AvgIpc) is 3.35. The van der Waals surface area contributed by atoms with Crippen molar-refractivity contribution in [3.63, 3.8) is 0 Å². The van der Waals surface area contributed by atoms with Crippen molar-refractivity contribution < 1.29 is 5.11 Å². The highest BCUT2D eigenvalue weighted by atomic mass is 79.9. The Balaban J connectivity index is 1.83. The van der Waals surface area contributed by atoms with E-state index in [-0.39, 0.29) is 0 Å². The predicted molar refractivity (Wildman–Crippen MR) is 106 cm³/mol. The SMILES string of the molecule is CC(C)(O)CSc1nnc(Br)n1-c1ccc(C2CC2)c2ccccc12. The topological polar surface area (TPSA) is 50.9 Å². The highest BCUT2D eigenvalue weighted by Crippen LogP contribution is 2.44. The van der Waals surface area contributed by atoms with Crippen LogP contribution in [0.1, 0.15) is 38.2 Å². The van der Waals surface area contributed by atoms with Crippen molar-refractivity contribution in [3.8, 4) is 5.69 Å². The number of aliphatic hydroxyl groups is 1. The first-order valence-corrected chi connectivity index (χ1v) is 10.2. The summed E-state index contributed by atoms with van der Waals surface area (Å²) in [5.74, 6) is 1.25. The van der Waals surface area contributed by atoms with Gasteiger partial charge in [0.25, 0.3) is 0 Å². The number of halogens is 1. The second-order valence-corrected chi connectivity index (χ2v) is 8.83. The molecule has 1 aliphatic rings. The van der Waals surface area contributed by atoms with Crippen LogP contribution in [0, 0.1) is 0 Å². The third-order valence-corrected chi connectivity index (χ3v) is 6.23. The lowest BCUT2D eigenvalue weighted by atomic mass is 9.99. The minimum Gasteiger partial charge on any atom is -0.390 e. The third-order valence-electron chi connectivity index (χ3n) is 4.34. The Hall–Kier alpha value is -1.37. The van der Waals surface area contributed by atoms with Crippen LogP contribution in [-0.2, 0) is 0 Å². The van der Waals surface area contributed by atoms with Gasteiger partial charge in [-0.25, -0.2) is 0 Å². The largest absolute Gasteiger partial charge is 0.390 e. The molecule has 3 aromatic rings. The standard InChI is InChI=1S/C19H20BrN3OS/c1-19(2,24)11-25-18-22-21-17(20)23(18)16-10-9-13(12-7-8-12)14-5-3-4-6-15(14)16/h3-6,9-10,12,24H,7-8,11H2,1-2H3. The van der Waals surface area contributed by atoms with Crippen molar-refractivity contribution in [1.82, 2.24) is 14.8 Å². The normalized spacial score (nSPS) is 15.0.